The van der Waals surface area contributed by atoms with Crippen LogP contribution in [0.25, 0.3) is 0 Å². The van der Waals surface area contributed by atoms with Gasteiger partial charge in [0.1, 0.15) is 0 Å². The summed E-state index contributed by atoms with van der Waals surface area (Å²) >= 11 is 0. The number of likely N-dealkylation sites (tertiary alicyclic amines) is 1. The van der Waals surface area contributed by atoms with E-state index in [1.54, 1.807) is 0 Å². The zero-order chi connectivity index (χ0) is 8.39. The lowest BCUT2D eigenvalue weighted by Gasteiger charge is -2.19. The van der Waals surface area contributed by atoms with Crippen LogP contribution in [0, 0.1) is 0 Å². The summed E-state index contributed by atoms with van der Waals surface area (Å²) in [6.45, 7) is 2.43. The summed E-state index contributed by atoms with van der Waals surface area (Å²) in [6, 6.07) is 4.95. The SMILES string of the molecule is CN1CCCC1Cn1cccc1. The van der Waals surface area contributed by atoms with E-state index in [-0.39, 0.29) is 0 Å². The van der Waals surface area contributed by atoms with E-state index in [0.717, 1.165) is 12.6 Å². The summed E-state index contributed by atoms with van der Waals surface area (Å²) in [5.41, 5.74) is 0. The molecule has 12 heavy (non-hydrogen) atoms. The molecule has 0 N–H and O–H groups in total. The topological polar surface area (TPSA) is 8.17 Å². The minimum Gasteiger partial charge on any atom is -0.353 e. The van der Waals surface area contributed by atoms with Crippen molar-refractivity contribution in [2.24, 2.45) is 0 Å². The largest absolute Gasteiger partial charge is 0.353 e. The van der Waals surface area contributed by atoms with Crippen LogP contribution < -0.4 is 0 Å². The minimum atomic E-state index is 0.761. The van der Waals surface area contributed by atoms with E-state index in [1.807, 2.05) is 0 Å². The molecule has 1 atom stereocenters. The first-order chi connectivity index (χ1) is 5.86. The summed E-state index contributed by atoms with van der Waals surface area (Å²) < 4.78 is 2.27. The average molecular weight is 164 g/mol. The Balaban J connectivity index is 1.95. The number of likely N-dealkylation sites (N-methyl/N-ethyl adjacent to an activating group) is 1. The van der Waals surface area contributed by atoms with Crippen LogP contribution in [0.5, 0.6) is 0 Å². The molecule has 0 radical (unpaired) electrons. The molecule has 1 aromatic heterocycles. The highest BCUT2D eigenvalue weighted by Gasteiger charge is 2.20. The predicted octanol–water partition coefficient (Wildman–Crippen LogP) is 1.58. The maximum absolute atomic E-state index is 2.46. The molecule has 0 aliphatic carbocycles. The Morgan fingerprint density at radius 2 is 2.08 bits per heavy atom. The third-order valence-electron chi connectivity index (χ3n) is 2.76. The van der Waals surface area contributed by atoms with E-state index in [0.29, 0.717) is 0 Å². The Morgan fingerprint density at radius 1 is 1.33 bits per heavy atom. The minimum absolute atomic E-state index is 0.761. The monoisotopic (exact) mass is 164 g/mol. The quantitative estimate of drug-likeness (QED) is 0.644. The van der Waals surface area contributed by atoms with E-state index < -0.39 is 0 Å². The van der Waals surface area contributed by atoms with Crippen LogP contribution in [-0.2, 0) is 6.54 Å². The van der Waals surface area contributed by atoms with Gasteiger partial charge in [0, 0.05) is 25.0 Å². The molecule has 0 bridgehead atoms. The Bertz CT molecular complexity index is 228. The lowest BCUT2D eigenvalue weighted by Crippen LogP contribution is -2.28. The Morgan fingerprint density at radius 3 is 2.67 bits per heavy atom. The smallest absolute Gasteiger partial charge is 0.0375 e. The van der Waals surface area contributed by atoms with Crippen LogP contribution in [0.3, 0.4) is 0 Å². The van der Waals surface area contributed by atoms with Gasteiger partial charge in [-0.25, -0.2) is 0 Å². The molecule has 0 aromatic carbocycles. The van der Waals surface area contributed by atoms with Gasteiger partial charge < -0.3 is 9.47 Å². The van der Waals surface area contributed by atoms with Crippen LogP contribution >= 0.6 is 0 Å². The number of nitrogens with zero attached hydrogens (tertiary/aromatic N) is 2. The normalized spacial score (nSPS) is 24.9. The highest BCUT2D eigenvalue weighted by molar-refractivity contribution is 4.92. The van der Waals surface area contributed by atoms with E-state index in [9.17, 15) is 0 Å². The molecular formula is C10H16N2. The number of rotatable bonds is 2. The van der Waals surface area contributed by atoms with Crippen molar-refractivity contribution < 1.29 is 0 Å². The van der Waals surface area contributed by atoms with Gasteiger partial charge in [-0.15, -0.1) is 0 Å². The van der Waals surface area contributed by atoms with Crippen LogP contribution in [0.2, 0.25) is 0 Å². The maximum Gasteiger partial charge on any atom is 0.0375 e. The van der Waals surface area contributed by atoms with Crippen LogP contribution in [0.4, 0.5) is 0 Å². The molecular weight excluding hydrogens is 148 g/mol. The van der Waals surface area contributed by atoms with Gasteiger partial charge in [0.15, 0.2) is 0 Å². The Labute approximate surface area is 73.8 Å². The first-order valence-corrected chi connectivity index (χ1v) is 4.67. The van der Waals surface area contributed by atoms with Gasteiger partial charge in [-0.3, -0.25) is 0 Å². The van der Waals surface area contributed by atoms with Crippen molar-refractivity contribution in [1.82, 2.24) is 9.47 Å². The Hall–Kier alpha value is -0.760. The van der Waals surface area contributed by atoms with Crippen molar-refractivity contribution in [1.29, 1.82) is 0 Å². The molecule has 2 nitrogen and oxygen atoms in total. The van der Waals surface area contributed by atoms with Crippen molar-refractivity contribution >= 4 is 0 Å². The van der Waals surface area contributed by atoms with Gasteiger partial charge in [-0.1, -0.05) is 0 Å². The van der Waals surface area contributed by atoms with Crippen LogP contribution in [0.15, 0.2) is 24.5 Å². The van der Waals surface area contributed by atoms with E-state index in [1.165, 1.54) is 19.4 Å². The molecule has 2 heteroatoms. The zero-order valence-corrected chi connectivity index (χ0v) is 7.61. The van der Waals surface area contributed by atoms with E-state index >= 15 is 0 Å². The average Bonchev–Trinajstić information content (AvgIpc) is 2.65. The number of hydrogen-bond acceptors (Lipinski definition) is 1. The maximum atomic E-state index is 2.46. The van der Waals surface area contributed by atoms with Crippen LogP contribution in [0.1, 0.15) is 12.8 Å². The summed E-state index contributed by atoms with van der Waals surface area (Å²) in [5.74, 6) is 0. The molecule has 1 aliphatic rings. The molecule has 0 saturated carbocycles. The van der Waals surface area contributed by atoms with Crippen molar-refractivity contribution in [2.75, 3.05) is 13.6 Å². The molecule has 1 unspecified atom stereocenters. The van der Waals surface area contributed by atoms with Crippen molar-refractivity contribution in [3.05, 3.63) is 24.5 Å². The van der Waals surface area contributed by atoms with E-state index in [2.05, 4.69) is 41.0 Å². The first-order valence-electron chi connectivity index (χ1n) is 4.67. The Kier molecular flexibility index (Phi) is 2.17. The fraction of sp³-hybridized carbons (Fsp3) is 0.600. The second kappa shape index (κ2) is 3.31. The predicted molar refractivity (Wildman–Crippen MR) is 50.1 cm³/mol. The van der Waals surface area contributed by atoms with Crippen LogP contribution in [-0.4, -0.2) is 29.1 Å². The second-order valence-electron chi connectivity index (χ2n) is 3.66. The van der Waals surface area contributed by atoms with Gasteiger partial charge in [0.2, 0.25) is 0 Å². The summed E-state index contributed by atoms with van der Waals surface area (Å²) in [7, 11) is 2.22. The van der Waals surface area contributed by atoms with Gasteiger partial charge in [0.05, 0.1) is 0 Å². The molecule has 2 heterocycles. The fourth-order valence-corrected chi connectivity index (χ4v) is 1.95. The molecule has 2 rings (SSSR count). The summed E-state index contributed by atoms with van der Waals surface area (Å²) in [4.78, 5) is 2.46. The van der Waals surface area contributed by atoms with Crippen molar-refractivity contribution in [2.45, 2.75) is 25.4 Å². The number of aromatic nitrogens is 1. The molecule has 1 saturated heterocycles. The fourth-order valence-electron chi connectivity index (χ4n) is 1.95. The summed E-state index contributed by atoms with van der Waals surface area (Å²) in [6.07, 6.45) is 7.01. The number of hydrogen-bond donors (Lipinski definition) is 0. The first kappa shape index (κ1) is 7.87. The molecule has 1 fully saturated rings. The second-order valence-corrected chi connectivity index (χ2v) is 3.66. The van der Waals surface area contributed by atoms with Crippen molar-refractivity contribution in [3.63, 3.8) is 0 Å². The van der Waals surface area contributed by atoms with Crippen molar-refractivity contribution in [3.8, 4) is 0 Å². The zero-order valence-electron chi connectivity index (χ0n) is 7.61. The van der Waals surface area contributed by atoms with Gasteiger partial charge in [-0.2, -0.15) is 0 Å². The third-order valence-corrected chi connectivity index (χ3v) is 2.76. The van der Waals surface area contributed by atoms with Gasteiger partial charge in [-0.05, 0) is 38.6 Å². The van der Waals surface area contributed by atoms with Gasteiger partial charge in [0.25, 0.3) is 0 Å². The third kappa shape index (κ3) is 1.53. The lowest BCUT2D eigenvalue weighted by molar-refractivity contribution is 0.282. The molecule has 66 valence electrons. The van der Waals surface area contributed by atoms with E-state index in [4.69, 9.17) is 0 Å². The standard InChI is InChI=1S/C10H16N2/c1-11-6-4-5-10(11)9-12-7-2-3-8-12/h2-3,7-8,10H,4-6,9H2,1H3. The molecule has 0 amide bonds. The highest BCUT2D eigenvalue weighted by atomic mass is 15.2. The highest BCUT2D eigenvalue weighted by Crippen LogP contribution is 2.16. The molecule has 0 spiro atoms. The molecule has 1 aromatic rings. The lowest BCUT2D eigenvalue weighted by atomic mass is 10.2. The summed E-state index contributed by atoms with van der Waals surface area (Å²) in [5, 5.41) is 0. The van der Waals surface area contributed by atoms with Gasteiger partial charge >= 0.3 is 0 Å². The molecule has 1 aliphatic heterocycles.